The molecule has 2 aromatic heterocycles. The topological polar surface area (TPSA) is 42.0 Å². The Bertz CT molecular complexity index is 808. The SMILES string of the molecule is Cc1nc(-c2ccc(CCNC(=O)CCCc3ccccc3)s2)cs1. The van der Waals surface area contributed by atoms with Crippen molar-refractivity contribution in [3.8, 4) is 10.6 Å². The van der Waals surface area contributed by atoms with Crippen molar-refractivity contribution < 1.29 is 4.79 Å². The number of carbonyl (C=O) groups is 1. The molecule has 25 heavy (non-hydrogen) atoms. The predicted molar refractivity (Wildman–Crippen MR) is 106 cm³/mol. The fourth-order valence-electron chi connectivity index (χ4n) is 2.64. The number of aryl methyl sites for hydroxylation is 2. The highest BCUT2D eigenvalue weighted by molar-refractivity contribution is 7.16. The van der Waals surface area contributed by atoms with Crippen molar-refractivity contribution in [2.45, 2.75) is 32.6 Å². The second-order valence-electron chi connectivity index (χ2n) is 5.96. The van der Waals surface area contributed by atoms with E-state index < -0.39 is 0 Å². The third-order valence-corrected chi connectivity index (χ3v) is 5.88. The molecule has 3 aromatic rings. The highest BCUT2D eigenvalue weighted by Crippen LogP contribution is 2.29. The maximum atomic E-state index is 11.9. The molecule has 2 heterocycles. The zero-order valence-corrected chi connectivity index (χ0v) is 16.0. The summed E-state index contributed by atoms with van der Waals surface area (Å²) in [6.07, 6.45) is 3.30. The van der Waals surface area contributed by atoms with Crippen LogP contribution in [0.25, 0.3) is 10.6 Å². The molecule has 0 spiro atoms. The number of thiazole rings is 1. The van der Waals surface area contributed by atoms with E-state index in [2.05, 4.69) is 39.9 Å². The second-order valence-corrected chi connectivity index (χ2v) is 8.19. The Morgan fingerprint density at radius 1 is 1.12 bits per heavy atom. The molecule has 0 aliphatic rings. The molecule has 3 rings (SSSR count). The van der Waals surface area contributed by atoms with Gasteiger partial charge < -0.3 is 5.32 Å². The molecule has 0 atom stereocenters. The van der Waals surface area contributed by atoms with Gasteiger partial charge in [-0.1, -0.05) is 30.3 Å². The smallest absolute Gasteiger partial charge is 0.220 e. The van der Waals surface area contributed by atoms with Crippen molar-refractivity contribution in [3.63, 3.8) is 0 Å². The molecule has 3 nitrogen and oxygen atoms in total. The minimum atomic E-state index is 0.142. The first-order chi connectivity index (χ1) is 12.2. The molecule has 5 heteroatoms. The number of aromatic nitrogens is 1. The number of hydrogen-bond acceptors (Lipinski definition) is 4. The number of rotatable bonds is 8. The molecule has 130 valence electrons. The Morgan fingerprint density at radius 3 is 2.72 bits per heavy atom. The van der Waals surface area contributed by atoms with Crippen LogP contribution in [0.5, 0.6) is 0 Å². The van der Waals surface area contributed by atoms with Crippen LogP contribution in [0.15, 0.2) is 47.8 Å². The summed E-state index contributed by atoms with van der Waals surface area (Å²) in [7, 11) is 0. The summed E-state index contributed by atoms with van der Waals surface area (Å²) in [5.74, 6) is 0.142. The summed E-state index contributed by atoms with van der Waals surface area (Å²) in [6.45, 7) is 2.72. The third-order valence-electron chi connectivity index (χ3n) is 3.94. The minimum Gasteiger partial charge on any atom is -0.356 e. The maximum Gasteiger partial charge on any atom is 0.220 e. The summed E-state index contributed by atoms with van der Waals surface area (Å²) in [4.78, 5) is 18.9. The average Bonchev–Trinajstić information content (AvgIpc) is 3.25. The Morgan fingerprint density at radius 2 is 1.96 bits per heavy atom. The molecule has 0 saturated carbocycles. The van der Waals surface area contributed by atoms with Crippen LogP contribution < -0.4 is 5.32 Å². The van der Waals surface area contributed by atoms with Gasteiger partial charge in [-0.2, -0.15) is 0 Å². The maximum absolute atomic E-state index is 11.9. The van der Waals surface area contributed by atoms with Crippen LogP contribution in [0.4, 0.5) is 0 Å². The molecule has 0 fully saturated rings. The monoisotopic (exact) mass is 370 g/mol. The van der Waals surface area contributed by atoms with Crippen molar-refractivity contribution in [2.75, 3.05) is 6.54 Å². The Kier molecular flexibility index (Phi) is 6.36. The molecule has 0 radical (unpaired) electrons. The van der Waals surface area contributed by atoms with Crippen molar-refractivity contribution >= 4 is 28.6 Å². The first-order valence-electron chi connectivity index (χ1n) is 8.52. The summed E-state index contributed by atoms with van der Waals surface area (Å²) in [6, 6.07) is 14.6. The van der Waals surface area contributed by atoms with Crippen molar-refractivity contribution in [2.24, 2.45) is 0 Å². The molecule has 0 aliphatic carbocycles. The standard InChI is InChI=1S/C20H22N2OS2/c1-15-22-18(14-24-15)19-11-10-17(25-19)12-13-21-20(23)9-5-8-16-6-3-2-4-7-16/h2-4,6-7,10-11,14H,5,8-9,12-13H2,1H3,(H,21,23). The number of nitrogens with zero attached hydrogens (tertiary/aromatic N) is 1. The van der Waals surface area contributed by atoms with Gasteiger partial charge in [0.25, 0.3) is 0 Å². The lowest BCUT2D eigenvalue weighted by atomic mass is 10.1. The van der Waals surface area contributed by atoms with Crippen LogP contribution in [0.3, 0.4) is 0 Å². The average molecular weight is 371 g/mol. The van der Waals surface area contributed by atoms with Gasteiger partial charge in [0, 0.05) is 23.2 Å². The van der Waals surface area contributed by atoms with Gasteiger partial charge in [-0.25, -0.2) is 4.98 Å². The zero-order chi connectivity index (χ0) is 17.5. The van der Waals surface area contributed by atoms with Gasteiger partial charge in [-0.15, -0.1) is 22.7 Å². The molecular formula is C20H22N2OS2. The lowest BCUT2D eigenvalue weighted by molar-refractivity contribution is -0.121. The fourth-order valence-corrected chi connectivity index (χ4v) is 4.29. The van der Waals surface area contributed by atoms with E-state index in [-0.39, 0.29) is 5.91 Å². The number of hydrogen-bond donors (Lipinski definition) is 1. The molecule has 1 aromatic carbocycles. The van der Waals surface area contributed by atoms with Gasteiger partial charge in [-0.05, 0) is 43.9 Å². The first kappa shape index (κ1) is 17.8. The van der Waals surface area contributed by atoms with E-state index in [9.17, 15) is 4.79 Å². The second kappa shape index (κ2) is 8.92. The minimum absolute atomic E-state index is 0.142. The lowest BCUT2D eigenvalue weighted by Gasteiger charge is -2.04. The summed E-state index contributed by atoms with van der Waals surface area (Å²) < 4.78 is 0. The molecule has 1 N–H and O–H groups in total. The van der Waals surface area contributed by atoms with Crippen LogP contribution in [0.2, 0.25) is 0 Å². The largest absolute Gasteiger partial charge is 0.356 e. The summed E-state index contributed by atoms with van der Waals surface area (Å²) >= 11 is 3.43. The summed E-state index contributed by atoms with van der Waals surface area (Å²) in [5.41, 5.74) is 2.35. The van der Waals surface area contributed by atoms with Gasteiger partial charge in [0.05, 0.1) is 15.6 Å². The number of benzene rings is 1. The van der Waals surface area contributed by atoms with Gasteiger partial charge in [-0.3, -0.25) is 4.79 Å². The number of carbonyl (C=O) groups excluding carboxylic acids is 1. The van der Waals surface area contributed by atoms with Crippen molar-refractivity contribution in [1.82, 2.24) is 10.3 Å². The lowest BCUT2D eigenvalue weighted by Crippen LogP contribution is -2.25. The van der Waals surface area contributed by atoms with Gasteiger partial charge in [0.15, 0.2) is 0 Å². The molecule has 0 bridgehead atoms. The van der Waals surface area contributed by atoms with E-state index in [0.717, 1.165) is 30.0 Å². The van der Waals surface area contributed by atoms with Crippen LogP contribution >= 0.6 is 22.7 Å². The van der Waals surface area contributed by atoms with Gasteiger partial charge >= 0.3 is 0 Å². The van der Waals surface area contributed by atoms with E-state index in [1.165, 1.54) is 15.3 Å². The molecule has 0 unspecified atom stereocenters. The van der Waals surface area contributed by atoms with Crippen molar-refractivity contribution in [1.29, 1.82) is 0 Å². The first-order valence-corrected chi connectivity index (χ1v) is 10.2. The molecule has 0 saturated heterocycles. The van der Waals surface area contributed by atoms with Crippen LogP contribution in [-0.2, 0) is 17.6 Å². The molecule has 1 amide bonds. The van der Waals surface area contributed by atoms with E-state index in [1.807, 2.05) is 25.1 Å². The van der Waals surface area contributed by atoms with Gasteiger partial charge in [0.1, 0.15) is 0 Å². The molecular weight excluding hydrogens is 348 g/mol. The van der Waals surface area contributed by atoms with E-state index in [0.29, 0.717) is 13.0 Å². The van der Waals surface area contributed by atoms with E-state index in [1.54, 1.807) is 22.7 Å². The van der Waals surface area contributed by atoms with E-state index >= 15 is 0 Å². The third kappa shape index (κ3) is 5.51. The highest BCUT2D eigenvalue weighted by atomic mass is 32.1. The highest BCUT2D eigenvalue weighted by Gasteiger charge is 2.07. The summed E-state index contributed by atoms with van der Waals surface area (Å²) in [5, 5.41) is 6.21. The number of amides is 1. The number of thiophene rings is 1. The van der Waals surface area contributed by atoms with E-state index in [4.69, 9.17) is 0 Å². The normalized spacial score (nSPS) is 10.8. The molecule has 0 aliphatic heterocycles. The number of nitrogens with one attached hydrogen (secondary N) is 1. The van der Waals surface area contributed by atoms with Crippen molar-refractivity contribution in [3.05, 3.63) is 63.3 Å². The Hall–Kier alpha value is -1.98. The quantitative estimate of drug-likeness (QED) is 0.615. The van der Waals surface area contributed by atoms with Crippen LogP contribution in [-0.4, -0.2) is 17.4 Å². The Labute approximate surface area is 156 Å². The Balaban J connectivity index is 1.36. The predicted octanol–water partition coefficient (Wildman–Crippen LogP) is 4.86. The van der Waals surface area contributed by atoms with Gasteiger partial charge in [0.2, 0.25) is 5.91 Å². The van der Waals surface area contributed by atoms with Crippen LogP contribution in [0, 0.1) is 6.92 Å². The fraction of sp³-hybridized carbons (Fsp3) is 0.300. The zero-order valence-electron chi connectivity index (χ0n) is 14.3. The van der Waals surface area contributed by atoms with Crippen LogP contribution in [0.1, 0.15) is 28.3 Å².